The Morgan fingerprint density at radius 3 is 2.15 bits per heavy atom. The van der Waals surface area contributed by atoms with Crippen LogP contribution in [0.4, 0.5) is 17.6 Å². The molecule has 0 radical (unpaired) electrons. The maximum Gasteiger partial charge on any atom is 0.134 e. The van der Waals surface area contributed by atoms with Crippen molar-refractivity contribution in [1.82, 2.24) is 5.43 Å². The van der Waals surface area contributed by atoms with Crippen LogP contribution in [-0.2, 0) is 0 Å². The average molecular weight is 284 g/mol. The summed E-state index contributed by atoms with van der Waals surface area (Å²) in [7, 11) is 0. The highest BCUT2D eigenvalue weighted by Gasteiger charge is 2.23. The van der Waals surface area contributed by atoms with Gasteiger partial charge in [0.1, 0.15) is 23.3 Å². The molecule has 0 bridgehead atoms. The average Bonchev–Trinajstić information content (AvgIpc) is 2.38. The molecular formula is C14H12F4N2. The molecule has 3 N–H and O–H groups in total. The van der Waals surface area contributed by atoms with Crippen molar-refractivity contribution in [2.75, 3.05) is 0 Å². The zero-order valence-electron chi connectivity index (χ0n) is 10.6. The number of hydrogen-bond acceptors (Lipinski definition) is 2. The van der Waals surface area contributed by atoms with Crippen LogP contribution in [0.15, 0.2) is 30.3 Å². The minimum absolute atomic E-state index is 0.00611. The molecule has 0 aliphatic rings. The number of nitrogens with two attached hydrogens (primary N) is 1. The molecule has 0 saturated carbocycles. The Morgan fingerprint density at radius 2 is 1.60 bits per heavy atom. The zero-order valence-corrected chi connectivity index (χ0v) is 10.6. The molecule has 0 spiro atoms. The molecule has 2 nitrogen and oxygen atoms in total. The van der Waals surface area contributed by atoms with Crippen LogP contribution in [0.5, 0.6) is 0 Å². The summed E-state index contributed by atoms with van der Waals surface area (Å²) in [6, 6.07) is 3.76. The van der Waals surface area contributed by atoms with E-state index in [-0.39, 0.29) is 16.7 Å². The minimum atomic E-state index is -1.19. The number of rotatable bonds is 3. The van der Waals surface area contributed by atoms with Gasteiger partial charge in [0.05, 0.1) is 6.04 Å². The van der Waals surface area contributed by atoms with Gasteiger partial charge in [-0.2, -0.15) is 0 Å². The molecule has 106 valence electrons. The number of nitrogens with one attached hydrogen (secondary N) is 1. The van der Waals surface area contributed by atoms with Gasteiger partial charge in [0.2, 0.25) is 0 Å². The first-order chi connectivity index (χ1) is 9.43. The molecule has 1 atom stereocenters. The van der Waals surface area contributed by atoms with E-state index in [2.05, 4.69) is 5.43 Å². The van der Waals surface area contributed by atoms with Crippen LogP contribution >= 0.6 is 0 Å². The molecule has 2 rings (SSSR count). The Balaban J connectivity index is 2.61. The van der Waals surface area contributed by atoms with Crippen LogP contribution in [-0.4, -0.2) is 0 Å². The summed E-state index contributed by atoms with van der Waals surface area (Å²) >= 11 is 0. The lowest BCUT2D eigenvalue weighted by molar-refractivity contribution is 0.501. The van der Waals surface area contributed by atoms with Gasteiger partial charge in [-0.05, 0) is 36.2 Å². The van der Waals surface area contributed by atoms with E-state index in [0.29, 0.717) is 6.07 Å². The highest BCUT2D eigenvalue weighted by Crippen LogP contribution is 2.28. The van der Waals surface area contributed by atoms with E-state index in [0.717, 1.165) is 18.2 Å². The maximum absolute atomic E-state index is 14.1. The fourth-order valence-corrected chi connectivity index (χ4v) is 2.03. The van der Waals surface area contributed by atoms with Crippen LogP contribution in [0.2, 0.25) is 0 Å². The van der Waals surface area contributed by atoms with E-state index in [1.165, 1.54) is 13.0 Å². The van der Waals surface area contributed by atoms with Crippen LogP contribution in [0.25, 0.3) is 0 Å². The summed E-state index contributed by atoms with van der Waals surface area (Å²) in [5.74, 6) is 1.94. The number of benzene rings is 2. The number of aryl methyl sites for hydroxylation is 1. The van der Waals surface area contributed by atoms with Crippen molar-refractivity contribution in [1.29, 1.82) is 0 Å². The van der Waals surface area contributed by atoms with Crippen molar-refractivity contribution in [3.8, 4) is 0 Å². The van der Waals surface area contributed by atoms with Crippen molar-refractivity contribution in [3.63, 3.8) is 0 Å². The van der Waals surface area contributed by atoms with Crippen molar-refractivity contribution >= 4 is 0 Å². The van der Waals surface area contributed by atoms with Gasteiger partial charge < -0.3 is 0 Å². The molecule has 1 unspecified atom stereocenters. The smallest absolute Gasteiger partial charge is 0.134 e. The van der Waals surface area contributed by atoms with E-state index in [4.69, 9.17) is 5.84 Å². The maximum atomic E-state index is 14.1. The Bertz CT molecular complexity index is 623. The van der Waals surface area contributed by atoms with Crippen molar-refractivity contribution in [3.05, 3.63) is 70.3 Å². The van der Waals surface area contributed by atoms with E-state index in [9.17, 15) is 17.6 Å². The standard InChI is InChI=1S/C14H12F4N2/c1-7-2-3-11(17)12(13(7)18)14(20-19)8-4-9(15)6-10(16)5-8/h2-6,14,20H,19H2,1H3. The lowest BCUT2D eigenvalue weighted by Crippen LogP contribution is -2.30. The Kier molecular flexibility index (Phi) is 4.06. The second-order valence-electron chi connectivity index (χ2n) is 4.39. The van der Waals surface area contributed by atoms with Gasteiger partial charge >= 0.3 is 0 Å². The Hall–Kier alpha value is -1.92. The SMILES string of the molecule is Cc1ccc(F)c(C(NN)c2cc(F)cc(F)c2)c1F. The summed E-state index contributed by atoms with van der Waals surface area (Å²) in [4.78, 5) is 0. The number of hydrazine groups is 1. The zero-order chi connectivity index (χ0) is 14.9. The topological polar surface area (TPSA) is 38.0 Å². The predicted molar refractivity (Wildman–Crippen MR) is 66.6 cm³/mol. The van der Waals surface area contributed by atoms with E-state index in [1.807, 2.05) is 0 Å². The summed E-state index contributed by atoms with van der Waals surface area (Å²) in [6.45, 7) is 1.46. The summed E-state index contributed by atoms with van der Waals surface area (Å²) in [6.07, 6.45) is 0. The fourth-order valence-electron chi connectivity index (χ4n) is 2.03. The molecule has 0 heterocycles. The van der Waals surface area contributed by atoms with Gasteiger partial charge in [-0.25, -0.2) is 23.0 Å². The molecule has 0 aliphatic carbocycles. The van der Waals surface area contributed by atoms with Gasteiger partial charge in [0.25, 0.3) is 0 Å². The molecule has 0 fully saturated rings. The molecule has 0 aliphatic heterocycles. The van der Waals surface area contributed by atoms with Crippen LogP contribution in [0.3, 0.4) is 0 Å². The van der Waals surface area contributed by atoms with Crippen LogP contribution in [0, 0.1) is 30.2 Å². The lowest BCUT2D eigenvalue weighted by atomic mass is 9.96. The lowest BCUT2D eigenvalue weighted by Gasteiger charge is -2.19. The highest BCUT2D eigenvalue weighted by molar-refractivity contribution is 5.36. The quantitative estimate of drug-likeness (QED) is 0.516. The Morgan fingerprint density at radius 1 is 1.00 bits per heavy atom. The van der Waals surface area contributed by atoms with Gasteiger partial charge in [-0.15, -0.1) is 0 Å². The third-order valence-electron chi connectivity index (χ3n) is 2.99. The third kappa shape index (κ3) is 2.66. The van der Waals surface area contributed by atoms with Gasteiger partial charge in [0, 0.05) is 11.6 Å². The second-order valence-corrected chi connectivity index (χ2v) is 4.39. The molecule has 6 heteroatoms. The van der Waals surface area contributed by atoms with E-state index < -0.39 is 29.3 Å². The normalized spacial score (nSPS) is 12.5. The molecule has 0 saturated heterocycles. The van der Waals surface area contributed by atoms with Gasteiger partial charge in [-0.3, -0.25) is 5.84 Å². The first-order valence-electron chi connectivity index (χ1n) is 5.80. The first-order valence-corrected chi connectivity index (χ1v) is 5.80. The number of halogens is 4. The van der Waals surface area contributed by atoms with Gasteiger partial charge in [-0.1, -0.05) is 6.07 Å². The molecule has 0 amide bonds. The second kappa shape index (κ2) is 5.60. The summed E-state index contributed by atoms with van der Waals surface area (Å²) in [5.41, 5.74) is 2.01. The largest absolute Gasteiger partial charge is 0.271 e. The van der Waals surface area contributed by atoms with Crippen molar-refractivity contribution < 1.29 is 17.6 Å². The summed E-state index contributed by atoms with van der Waals surface area (Å²) < 4.78 is 54.3. The molecular weight excluding hydrogens is 272 g/mol. The molecule has 20 heavy (non-hydrogen) atoms. The predicted octanol–water partition coefficient (Wildman–Crippen LogP) is 3.10. The fraction of sp³-hybridized carbons (Fsp3) is 0.143. The monoisotopic (exact) mass is 284 g/mol. The van der Waals surface area contributed by atoms with Crippen LogP contribution in [0.1, 0.15) is 22.7 Å². The summed E-state index contributed by atoms with van der Waals surface area (Å²) in [5, 5.41) is 0. The van der Waals surface area contributed by atoms with Crippen molar-refractivity contribution in [2.24, 2.45) is 5.84 Å². The Labute approximate surface area is 113 Å². The highest BCUT2D eigenvalue weighted by atomic mass is 19.1. The third-order valence-corrected chi connectivity index (χ3v) is 2.99. The van der Waals surface area contributed by atoms with Gasteiger partial charge in [0.15, 0.2) is 0 Å². The molecule has 2 aromatic carbocycles. The van der Waals surface area contributed by atoms with E-state index in [1.54, 1.807) is 0 Å². The molecule has 2 aromatic rings. The van der Waals surface area contributed by atoms with Crippen molar-refractivity contribution in [2.45, 2.75) is 13.0 Å². The number of hydrogen-bond donors (Lipinski definition) is 2. The first kappa shape index (κ1) is 14.5. The van der Waals surface area contributed by atoms with Crippen LogP contribution < -0.4 is 11.3 Å². The van der Waals surface area contributed by atoms with E-state index >= 15 is 0 Å². The molecule has 0 aromatic heterocycles. The minimum Gasteiger partial charge on any atom is -0.271 e.